The van der Waals surface area contributed by atoms with E-state index in [9.17, 15) is 9.59 Å². The van der Waals surface area contributed by atoms with E-state index in [1.165, 1.54) is 76.9 Å². The van der Waals surface area contributed by atoms with E-state index in [-0.39, 0.29) is 11.6 Å². The van der Waals surface area contributed by atoms with Gasteiger partial charge < -0.3 is 20.4 Å². The quantitative estimate of drug-likeness (QED) is 0.440. The van der Waals surface area contributed by atoms with Crippen LogP contribution in [0.4, 0.5) is 0 Å². The van der Waals surface area contributed by atoms with Crippen molar-refractivity contribution in [3.63, 3.8) is 0 Å². The maximum atomic E-state index is 12.3. The van der Waals surface area contributed by atoms with Crippen molar-refractivity contribution in [2.45, 2.75) is 51.4 Å². The van der Waals surface area contributed by atoms with Crippen molar-refractivity contribution in [3.8, 4) is 0 Å². The van der Waals surface area contributed by atoms with E-state index in [2.05, 4.69) is 20.4 Å². The van der Waals surface area contributed by atoms with Crippen molar-refractivity contribution in [2.75, 3.05) is 52.4 Å². The molecule has 1 aliphatic carbocycles. The van der Waals surface area contributed by atoms with Crippen LogP contribution in [0.5, 0.6) is 0 Å². The fraction of sp³-hybridized carbons (Fsp3) is 0.727. The number of ketones is 2. The zero-order valence-electron chi connectivity index (χ0n) is 17.2. The summed E-state index contributed by atoms with van der Waals surface area (Å²) >= 11 is 0. The Morgan fingerprint density at radius 2 is 1.04 bits per heavy atom. The molecule has 3 rings (SSSR count). The number of allylic oxidation sites excluding steroid dienone is 2. The molecule has 2 heterocycles. The molecular formula is C22H36N4O2. The van der Waals surface area contributed by atoms with Gasteiger partial charge in [-0.3, -0.25) is 9.59 Å². The van der Waals surface area contributed by atoms with Gasteiger partial charge in [-0.25, -0.2) is 0 Å². The summed E-state index contributed by atoms with van der Waals surface area (Å²) in [5, 5.41) is 6.31. The Bertz CT molecular complexity index is 535. The third-order valence-corrected chi connectivity index (χ3v) is 5.91. The van der Waals surface area contributed by atoms with Crippen LogP contribution in [0.15, 0.2) is 23.5 Å². The number of likely N-dealkylation sites (tertiary alicyclic amines) is 2. The predicted octanol–water partition coefficient (Wildman–Crippen LogP) is 1.84. The number of hydrogen-bond donors (Lipinski definition) is 2. The topological polar surface area (TPSA) is 64.7 Å². The fourth-order valence-electron chi connectivity index (χ4n) is 4.25. The van der Waals surface area contributed by atoms with E-state index in [1.807, 2.05) is 0 Å². The monoisotopic (exact) mass is 388 g/mol. The summed E-state index contributed by atoms with van der Waals surface area (Å²) in [4.78, 5) is 29.6. The molecule has 6 nitrogen and oxygen atoms in total. The average Bonchev–Trinajstić information content (AvgIpc) is 2.73. The van der Waals surface area contributed by atoms with Crippen LogP contribution in [0, 0.1) is 0 Å². The number of rotatable bonds is 10. The first-order valence-corrected chi connectivity index (χ1v) is 11.2. The molecule has 0 bridgehead atoms. The van der Waals surface area contributed by atoms with Crippen LogP contribution in [0.25, 0.3) is 0 Å². The van der Waals surface area contributed by atoms with Crippen molar-refractivity contribution in [2.24, 2.45) is 0 Å². The molecule has 0 unspecified atom stereocenters. The Morgan fingerprint density at radius 1 is 0.643 bits per heavy atom. The largest absolute Gasteiger partial charge is 0.382 e. The fourth-order valence-corrected chi connectivity index (χ4v) is 4.25. The Morgan fingerprint density at radius 3 is 1.43 bits per heavy atom. The van der Waals surface area contributed by atoms with Gasteiger partial charge in [-0.1, -0.05) is 12.8 Å². The first kappa shape index (κ1) is 21.1. The summed E-state index contributed by atoms with van der Waals surface area (Å²) in [7, 11) is 0. The first-order chi connectivity index (χ1) is 13.7. The highest BCUT2D eigenvalue weighted by Gasteiger charge is 2.20. The van der Waals surface area contributed by atoms with Crippen molar-refractivity contribution in [3.05, 3.63) is 23.5 Å². The first-order valence-electron chi connectivity index (χ1n) is 11.2. The number of nitrogens with zero attached hydrogens (tertiary/aromatic N) is 2. The lowest BCUT2D eigenvalue weighted by Gasteiger charge is -2.26. The summed E-state index contributed by atoms with van der Waals surface area (Å²) < 4.78 is 0. The van der Waals surface area contributed by atoms with Crippen LogP contribution in [0.2, 0.25) is 0 Å². The van der Waals surface area contributed by atoms with Crippen molar-refractivity contribution < 1.29 is 9.59 Å². The maximum absolute atomic E-state index is 12.3. The number of hydrogen-bond acceptors (Lipinski definition) is 6. The molecule has 0 atom stereocenters. The lowest BCUT2D eigenvalue weighted by atomic mass is 10.1. The second-order valence-electron chi connectivity index (χ2n) is 8.21. The van der Waals surface area contributed by atoms with Crippen LogP contribution < -0.4 is 10.6 Å². The molecule has 0 aromatic carbocycles. The van der Waals surface area contributed by atoms with E-state index in [0.717, 1.165) is 39.0 Å². The second kappa shape index (κ2) is 11.4. The zero-order valence-corrected chi connectivity index (χ0v) is 17.2. The third-order valence-electron chi connectivity index (χ3n) is 5.91. The molecule has 0 spiro atoms. The number of piperidine rings is 2. The van der Waals surface area contributed by atoms with Gasteiger partial charge in [-0.05, 0) is 77.8 Å². The van der Waals surface area contributed by atoms with Gasteiger partial charge in [-0.2, -0.15) is 0 Å². The number of carbonyl (C=O) groups excluding carboxylic acids is 2. The molecule has 6 heteroatoms. The molecule has 28 heavy (non-hydrogen) atoms. The highest BCUT2D eigenvalue weighted by Crippen LogP contribution is 2.11. The zero-order chi connectivity index (χ0) is 19.6. The molecular weight excluding hydrogens is 352 g/mol. The summed E-state index contributed by atoms with van der Waals surface area (Å²) in [6.07, 6.45) is 12.8. The van der Waals surface area contributed by atoms with Gasteiger partial charge in [-0.15, -0.1) is 0 Å². The number of nitrogens with one attached hydrogen (secondary N) is 2. The maximum Gasteiger partial charge on any atom is 0.203 e. The van der Waals surface area contributed by atoms with E-state index in [1.54, 1.807) is 0 Å². The highest BCUT2D eigenvalue weighted by atomic mass is 16.1. The Labute approximate surface area is 169 Å². The summed E-state index contributed by atoms with van der Waals surface area (Å²) in [5.74, 6) is -0.202. The highest BCUT2D eigenvalue weighted by molar-refractivity contribution is 6.19. The molecule has 0 saturated carbocycles. The van der Waals surface area contributed by atoms with Crippen molar-refractivity contribution in [1.29, 1.82) is 0 Å². The summed E-state index contributed by atoms with van der Waals surface area (Å²) in [6, 6.07) is 0. The van der Waals surface area contributed by atoms with Gasteiger partial charge >= 0.3 is 0 Å². The van der Waals surface area contributed by atoms with Crippen LogP contribution >= 0.6 is 0 Å². The van der Waals surface area contributed by atoms with Crippen LogP contribution in [-0.4, -0.2) is 73.7 Å². The third kappa shape index (κ3) is 6.74. The predicted molar refractivity (Wildman–Crippen MR) is 112 cm³/mol. The van der Waals surface area contributed by atoms with Crippen LogP contribution in [-0.2, 0) is 9.59 Å². The van der Waals surface area contributed by atoms with Gasteiger partial charge in [0, 0.05) is 25.2 Å². The van der Waals surface area contributed by atoms with Crippen molar-refractivity contribution >= 4 is 11.6 Å². The standard InChI is InChI=1S/C22H36N4O2/c27-21-18-20(24-10-8-16-26-13-5-2-6-14-26)22(28)17-19(21)23-9-7-15-25-11-3-1-4-12-25/h17-18,23-24H,1-16H2. The van der Waals surface area contributed by atoms with E-state index in [0.29, 0.717) is 11.4 Å². The minimum atomic E-state index is -0.101. The Kier molecular flexibility index (Phi) is 8.55. The Hall–Kier alpha value is -1.66. The molecule has 0 radical (unpaired) electrons. The lowest BCUT2D eigenvalue weighted by molar-refractivity contribution is -0.115. The molecule has 2 fully saturated rings. The lowest BCUT2D eigenvalue weighted by Crippen LogP contribution is -2.34. The van der Waals surface area contributed by atoms with E-state index < -0.39 is 0 Å². The molecule has 2 aliphatic heterocycles. The molecule has 0 aromatic rings. The number of carbonyl (C=O) groups is 2. The van der Waals surface area contributed by atoms with E-state index >= 15 is 0 Å². The van der Waals surface area contributed by atoms with Gasteiger partial charge in [0.1, 0.15) is 0 Å². The summed E-state index contributed by atoms with van der Waals surface area (Å²) in [5.41, 5.74) is 0.866. The van der Waals surface area contributed by atoms with E-state index in [4.69, 9.17) is 0 Å². The van der Waals surface area contributed by atoms with Gasteiger partial charge in [0.05, 0.1) is 11.4 Å². The molecule has 2 saturated heterocycles. The summed E-state index contributed by atoms with van der Waals surface area (Å²) in [6.45, 7) is 8.34. The van der Waals surface area contributed by atoms with Crippen LogP contribution in [0.3, 0.4) is 0 Å². The average molecular weight is 389 g/mol. The molecule has 2 N–H and O–H groups in total. The molecule has 0 amide bonds. The normalized spacial score (nSPS) is 22.0. The van der Waals surface area contributed by atoms with Gasteiger partial charge in [0.2, 0.25) is 11.6 Å². The smallest absolute Gasteiger partial charge is 0.203 e. The minimum Gasteiger partial charge on any atom is -0.382 e. The van der Waals surface area contributed by atoms with Crippen LogP contribution in [0.1, 0.15) is 51.4 Å². The minimum absolute atomic E-state index is 0.101. The van der Waals surface area contributed by atoms with Gasteiger partial charge in [0.25, 0.3) is 0 Å². The molecule has 3 aliphatic rings. The van der Waals surface area contributed by atoms with Gasteiger partial charge in [0.15, 0.2) is 0 Å². The second-order valence-corrected chi connectivity index (χ2v) is 8.21. The Balaban J connectivity index is 1.32. The SMILES string of the molecule is O=C1C=C(NCCCN2CCCCC2)C(=O)C=C1NCCCN1CCCCC1. The van der Waals surface area contributed by atoms with Crippen molar-refractivity contribution in [1.82, 2.24) is 20.4 Å². The molecule has 0 aromatic heterocycles. The molecule has 156 valence electrons.